The van der Waals surface area contributed by atoms with Gasteiger partial charge in [-0.2, -0.15) is 22.0 Å². The highest BCUT2D eigenvalue weighted by molar-refractivity contribution is 9.10. The van der Waals surface area contributed by atoms with Crippen molar-refractivity contribution >= 4 is 22.3 Å². The molecule has 9 heteroatoms. The maximum absolute atomic E-state index is 12.5. The predicted octanol–water partition coefficient (Wildman–Crippen LogP) is 1.86. The van der Waals surface area contributed by atoms with E-state index in [1.54, 1.807) is 0 Å². The second-order valence-electron chi connectivity index (χ2n) is 1.88. The van der Waals surface area contributed by atoms with Crippen molar-refractivity contribution in [1.29, 1.82) is 0 Å². The topological polar surface area (TPSA) is 29.1 Å². The van der Waals surface area contributed by atoms with Crippen molar-refractivity contribution in [2.45, 2.75) is 16.8 Å². The van der Waals surface area contributed by atoms with E-state index in [0.29, 0.717) is 0 Å². The lowest BCUT2D eigenvalue weighted by molar-refractivity contribution is -0.281. The molecule has 0 saturated heterocycles. The first kappa shape index (κ1) is 12.5. The smallest absolute Gasteiger partial charge is 0.302 e. The van der Waals surface area contributed by atoms with Gasteiger partial charge in [-0.3, -0.25) is 4.79 Å². The summed E-state index contributed by atoms with van der Waals surface area (Å²) in [5.41, 5.74) is 0. The van der Waals surface area contributed by atoms with Gasteiger partial charge >= 0.3 is 23.2 Å². The number of hydrogen-bond donors (Lipinski definition) is 1. The van der Waals surface area contributed by atoms with E-state index >= 15 is 0 Å². The van der Waals surface area contributed by atoms with Gasteiger partial charge in [0, 0.05) is 0 Å². The Hall–Kier alpha value is -0.470. The standard InChI is InChI=1S/C4HBrF6NO/c5-3(7,8)2(6,12-1-13)4(9,10)11/h(H,12,13). The van der Waals surface area contributed by atoms with Crippen molar-refractivity contribution in [3.8, 4) is 0 Å². The molecule has 0 spiro atoms. The zero-order valence-corrected chi connectivity index (χ0v) is 7.14. The van der Waals surface area contributed by atoms with Crippen molar-refractivity contribution in [3.63, 3.8) is 0 Å². The van der Waals surface area contributed by atoms with Crippen LogP contribution in [0.15, 0.2) is 0 Å². The van der Waals surface area contributed by atoms with Gasteiger partial charge in [0.2, 0.25) is 0 Å². The van der Waals surface area contributed by atoms with E-state index in [9.17, 15) is 31.1 Å². The van der Waals surface area contributed by atoms with Gasteiger partial charge < -0.3 is 5.32 Å². The van der Waals surface area contributed by atoms with E-state index < -0.39 is 16.8 Å². The molecular weight excluding hydrogens is 272 g/mol. The van der Waals surface area contributed by atoms with Crippen molar-refractivity contribution < 1.29 is 31.1 Å². The fourth-order valence-electron chi connectivity index (χ4n) is 0.373. The molecule has 0 heterocycles. The van der Waals surface area contributed by atoms with Crippen LogP contribution in [0.3, 0.4) is 0 Å². The van der Waals surface area contributed by atoms with Crippen LogP contribution in [0.5, 0.6) is 0 Å². The summed E-state index contributed by atoms with van der Waals surface area (Å²) in [5.74, 6) is -5.16. The summed E-state index contributed by atoms with van der Waals surface area (Å²) < 4.78 is 71.6. The average Bonchev–Trinajstić information content (AvgIpc) is 1.82. The maximum Gasteiger partial charge on any atom is 0.449 e. The van der Waals surface area contributed by atoms with E-state index in [-0.39, 0.29) is 11.7 Å². The van der Waals surface area contributed by atoms with E-state index in [0.717, 1.165) is 0 Å². The molecule has 1 N–H and O–H groups in total. The summed E-state index contributed by atoms with van der Waals surface area (Å²) in [5, 5.41) is 0.245. The molecule has 0 aromatic rings. The van der Waals surface area contributed by atoms with Crippen LogP contribution in [0, 0.1) is 0 Å². The van der Waals surface area contributed by atoms with Gasteiger partial charge in [0.25, 0.3) is 0 Å². The molecule has 0 fully saturated rings. The molecule has 0 aromatic heterocycles. The molecule has 0 aliphatic carbocycles. The number of hydrogen-bond acceptors (Lipinski definition) is 1. The number of alkyl halides is 7. The summed E-state index contributed by atoms with van der Waals surface area (Å²) in [6.07, 6.45) is -5.73. The van der Waals surface area contributed by atoms with Crippen molar-refractivity contribution in [3.05, 3.63) is 0 Å². The minimum absolute atomic E-state index is 0.216. The summed E-state index contributed by atoms with van der Waals surface area (Å²) in [4.78, 5) is 4.42. The Balaban J connectivity index is 5.07. The average molecular weight is 273 g/mol. The van der Waals surface area contributed by atoms with Gasteiger partial charge in [0.1, 0.15) is 0 Å². The Morgan fingerprint density at radius 3 is 1.54 bits per heavy atom. The zero-order chi connectivity index (χ0) is 10.9. The molecule has 0 bridgehead atoms. The summed E-state index contributed by atoms with van der Waals surface area (Å²) in [6, 6.07) is 0. The zero-order valence-electron chi connectivity index (χ0n) is 5.55. The molecule has 0 aliphatic rings. The Morgan fingerprint density at radius 2 is 1.46 bits per heavy atom. The Labute approximate surface area is 76.4 Å². The van der Waals surface area contributed by atoms with Crippen LogP contribution in [-0.4, -0.2) is 23.2 Å². The number of carbonyl (C=O) groups excluding carboxylic acids is 1. The first-order valence-electron chi connectivity index (χ1n) is 2.53. The Bertz CT molecular complexity index is 184. The fraction of sp³-hybridized carbons (Fsp3) is 0.750. The van der Waals surface area contributed by atoms with Gasteiger partial charge in [-0.1, -0.05) is 0 Å². The van der Waals surface area contributed by atoms with E-state index in [1.165, 1.54) is 15.9 Å². The van der Waals surface area contributed by atoms with Gasteiger partial charge in [-0.25, -0.2) is 4.39 Å². The lowest BCUT2D eigenvalue weighted by Crippen LogP contribution is -2.61. The largest absolute Gasteiger partial charge is 0.449 e. The number of halogens is 7. The highest BCUT2D eigenvalue weighted by Gasteiger charge is 2.71. The summed E-state index contributed by atoms with van der Waals surface area (Å²) in [7, 11) is 0. The monoisotopic (exact) mass is 272 g/mol. The summed E-state index contributed by atoms with van der Waals surface area (Å²) in [6.45, 7) is 0. The number of rotatable bonds is 3. The first-order chi connectivity index (χ1) is 5.56. The Morgan fingerprint density at radius 1 is 1.08 bits per heavy atom. The molecule has 0 aromatic carbocycles. The second-order valence-corrected chi connectivity index (χ2v) is 2.88. The van der Waals surface area contributed by atoms with Crippen molar-refractivity contribution in [1.82, 2.24) is 5.32 Å². The van der Waals surface area contributed by atoms with E-state index in [1.807, 2.05) is 0 Å². The van der Waals surface area contributed by atoms with Crippen LogP contribution in [0.2, 0.25) is 0 Å². The molecule has 77 valence electrons. The number of amides is 1. The molecule has 2 nitrogen and oxygen atoms in total. The first-order valence-corrected chi connectivity index (χ1v) is 3.32. The van der Waals surface area contributed by atoms with E-state index in [2.05, 4.69) is 0 Å². The van der Waals surface area contributed by atoms with Crippen LogP contribution >= 0.6 is 15.9 Å². The minimum Gasteiger partial charge on any atom is -0.302 e. The van der Waals surface area contributed by atoms with Crippen LogP contribution in [0.4, 0.5) is 26.3 Å². The van der Waals surface area contributed by atoms with Crippen LogP contribution in [-0.2, 0) is 4.79 Å². The Kier molecular flexibility index (Phi) is 3.23. The van der Waals surface area contributed by atoms with Gasteiger partial charge in [0.15, 0.2) is 0 Å². The van der Waals surface area contributed by atoms with Crippen LogP contribution in [0.25, 0.3) is 0 Å². The van der Waals surface area contributed by atoms with E-state index in [4.69, 9.17) is 0 Å². The maximum atomic E-state index is 12.5. The summed E-state index contributed by atoms with van der Waals surface area (Å²) >= 11 is 1.17. The molecular formula is C4HBrF6NO. The normalized spacial score (nSPS) is 17.8. The molecule has 0 rings (SSSR count). The molecule has 1 atom stereocenters. The SMILES string of the molecule is O=[C]NC(F)(C(F)(F)F)C(F)(F)Br. The third-order valence-electron chi connectivity index (χ3n) is 1.00. The second kappa shape index (κ2) is 3.35. The predicted molar refractivity (Wildman–Crippen MR) is 32.6 cm³/mol. The van der Waals surface area contributed by atoms with Crippen molar-refractivity contribution in [2.24, 2.45) is 0 Å². The molecule has 13 heavy (non-hydrogen) atoms. The molecule has 1 amide bonds. The lowest BCUT2D eigenvalue weighted by Gasteiger charge is -2.29. The van der Waals surface area contributed by atoms with Gasteiger partial charge in [-0.05, 0) is 15.9 Å². The number of nitrogens with one attached hydrogen (secondary N) is 1. The third kappa shape index (κ3) is 2.26. The fourth-order valence-corrected chi connectivity index (χ4v) is 0.697. The van der Waals surface area contributed by atoms with Gasteiger partial charge in [0.05, 0.1) is 0 Å². The molecule has 1 unspecified atom stereocenters. The van der Waals surface area contributed by atoms with Crippen LogP contribution < -0.4 is 5.32 Å². The third-order valence-corrected chi connectivity index (χ3v) is 1.55. The lowest BCUT2D eigenvalue weighted by atomic mass is 10.2. The minimum atomic E-state index is -5.95. The van der Waals surface area contributed by atoms with Crippen molar-refractivity contribution in [2.75, 3.05) is 0 Å². The highest BCUT2D eigenvalue weighted by Crippen LogP contribution is 2.46. The van der Waals surface area contributed by atoms with Crippen LogP contribution in [0.1, 0.15) is 0 Å². The van der Waals surface area contributed by atoms with Gasteiger partial charge in [-0.15, -0.1) is 0 Å². The molecule has 0 aliphatic heterocycles. The quantitative estimate of drug-likeness (QED) is 0.361. The molecule has 0 saturated carbocycles. The molecule has 1 radical (unpaired) electrons. The highest BCUT2D eigenvalue weighted by atomic mass is 79.9.